The summed E-state index contributed by atoms with van der Waals surface area (Å²) < 4.78 is 15.0. The van der Waals surface area contributed by atoms with Gasteiger partial charge in [0.1, 0.15) is 0 Å². The molecule has 2 heterocycles. The van der Waals surface area contributed by atoms with Gasteiger partial charge in [-0.25, -0.2) is 4.98 Å². The Morgan fingerprint density at radius 3 is 2.67 bits per heavy atom. The molecule has 5 heteroatoms. The molecule has 0 bridgehead atoms. The van der Waals surface area contributed by atoms with Crippen molar-refractivity contribution < 1.29 is 9.47 Å². The topological polar surface area (TPSA) is 36.3 Å². The Kier molecular flexibility index (Phi) is 2.57. The molecule has 0 saturated heterocycles. The number of ether oxygens (including phenoxy) is 2. The summed E-state index contributed by atoms with van der Waals surface area (Å²) in [6, 6.07) is 13.7. The Hall–Kier alpha value is -2.01. The molecule has 0 spiro atoms. The zero-order chi connectivity index (χ0) is 14.6. The number of hydrogen-bond donors (Lipinski definition) is 0. The number of rotatable bonds is 1. The Bertz CT molecular complexity index is 859. The Balaban J connectivity index is 1.87. The van der Waals surface area contributed by atoms with E-state index in [9.17, 15) is 0 Å². The summed E-state index contributed by atoms with van der Waals surface area (Å²) in [6.45, 7) is 1.89. The van der Waals surface area contributed by atoms with Gasteiger partial charge in [0.25, 0.3) is 0 Å². The van der Waals surface area contributed by atoms with Crippen LogP contribution in [-0.4, -0.2) is 9.55 Å². The van der Waals surface area contributed by atoms with Crippen molar-refractivity contribution in [2.45, 2.75) is 12.7 Å². The highest BCUT2D eigenvalue weighted by Crippen LogP contribution is 2.47. The van der Waals surface area contributed by atoms with Crippen molar-refractivity contribution in [1.29, 1.82) is 0 Å². The van der Waals surface area contributed by atoms with Gasteiger partial charge in [0.2, 0.25) is 0 Å². The predicted octanol–water partition coefficient (Wildman–Crippen LogP) is 3.98. The molecule has 21 heavy (non-hydrogen) atoms. The van der Waals surface area contributed by atoms with Crippen LogP contribution in [-0.2, 0) is 12.8 Å². The van der Waals surface area contributed by atoms with Gasteiger partial charge in [-0.1, -0.05) is 18.2 Å². The molecule has 3 aromatic rings. The first-order valence-electron chi connectivity index (χ1n) is 6.67. The van der Waals surface area contributed by atoms with Crippen LogP contribution in [0.3, 0.4) is 0 Å². The van der Waals surface area contributed by atoms with Gasteiger partial charge in [0, 0.05) is 14.0 Å². The van der Waals surface area contributed by atoms with Crippen molar-refractivity contribution in [1.82, 2.24) is 9.55 Å². The molecule has 1 aliphatic heterocycles. The Labute approximate surface area is 130 Å². The van der Waals surface area contributed by atoms with Gasteiger partial charge in [-0.3, -0.25) is 0 Å². The second-order valence-corrected chi connectivity index (χ2v) is 6.05. The molecule has 0 N–H and O–H groups in total. The lowest BCUT2D eigenvalue weighted by Crippen LogP contribution is -2.34. The Morgan fingerprint density at radius 1 is 1.10 bits per heavy atom. The maximum atomic E-state index is 6.07. The lowest BCUT2D eigenvalue weighted by Gasteiger charge is -2.22. The minimum atomic E-state index is -0.931. The maximum absolute atomic E-state index is 6.07. The zero-order valence-electron chi connectivity index (χ0n) is 11.6. The number of hydrogen-bond acceptors (Lipinski definition) is 3. The molecule has 4 rings (SSSR count). The highest BCUT2D eigenvalue weighted by molar-refractivity contribution is 9.10. The fourth-order valence-electron chi connectivity index (χ4n) is 2.74. The van der Waals surface area contributed by atoms with E-state index in [1.165, 1.54) is 0 Å². The van der Waals surface area contributed by atoms with Crippen molar-refractivity contribution in [3.05, 3.63) is 52.8 Å². The molecule has 1 aliphatic rings. The van der Waals surface area contributed by atoms with E-state index in [4.69, 9.17) is 9.47 Å². The monoisotopic (exact) mass is 344 g/mol. The second kappa shape index (κ2) is 4.24. The highest BCUT2D eigenvalue weighted by Gasteiger charge is 2.43. The number of benzene rings is 2. The van der Waals surface area contributed by atoms with Crippen LogP contribution in [0.5, 0.6) is 11.5 Å². The quantitative estimate of drug-likeness (QED) is 0.669. The molecule has 0 radical (unpaired) electrons. The van der Waals surface area contributed by atoms with E-state index in [1.807, 2.05) is 61.0 Å². The number of aryl methyl sites for hydroxylation is 1. The third-order valence-corrected chi connectivity index (χ3v) is 4.35. The molecular weight excluding hydrogens is 332 g/mol. The SMILES string of the molecule is Cn1c(C2(C)Oc3cccc(Br)c3O2)nc2ccccc21. The van der Waals surface area contributed by atoms with E-state index < -0.39 is 5.79 Å². The van der Waals surface area contributed by atoms with Crippen LogP contribution in [0.2, 0.25) is 0 Å². The van der Waals surface area contributed by atoms with Gasteiger partial charge >= 0.3 is 5.79 Å². The smallest absolute Gasteiger partial charge is 0.308 e. The van der Waals surface area contributed by atoms with Crippen LogP contribution in [0.25, 0.3) is 11.0 Å². The van der Waals surface area contributed by atoms with E-state index in [0.717, 1.165) is 27.1 Å². The van der Waals surface area contributed by atoms with E-state index in [0.29, 0.717) is 5.75 Å². The molecule has 106 valence electrons. The number of imidazole rings is 1. The van der Waals surface area contributed by atoms with Gasteiger partial charge in [-0.15, -0.1) is 0 Å². The molecule has 1 aromatic heterocycles. The third-order valence-electron chi connectivity index (χ3n) is 3.73. The average molecular weight is 345 g/mol. The first-order valence-corrected chi connectivity index (χ1v) is 7.46. The number of aromatic nitrogens is 2. The van der Waals surface area contributed by atoms with Crippen LogP contribution in [0, 0.1) is 0 Å². The molecule has 0 fully saturated rings. The van der Waals surface area contributed by atoms with Crippen molar-refractivity contribution in [2.24, 2.45) is 7.05 Å². The van der Waals surface area contributed by atoms with E-state index in [1.54, 1.807) is 0 Å². The van der Waals surface area contributed by atoms with E-state index in [2.05, 4.69) is 20.9 Å². The van der Waals surface area contributed by atoms with Gasteiger partial charge in [0.15, 0.2) is 17.3 Å². The van der Waals surface area contributed by atoms with E-state index in [-0.39, 0.29) is 0 Å². The Morgan fingerprint density at radius 2 is 1.90 bits per heavy atom. The molecule has 0 saturated carbocycles. The molecule has 0 aliphatic carbocycles. The second-order valence-electron chi connectivity index (χ2n) is 5.20. The number of fused-ring (bicyclic) bond motifs is 2. The van der Waals surface area contributed by atoms with Gasteiger partial charge in [-0.2, -0.15) is 0 Å². The first-order chi connectivity index (χ1) is 10.1. The summed E-state index contributed by atoms with van der Waals surface area (Å²) >= 11 is 3.49. The number of nitrogens with zero attached hydrogens (tertiary/aromatic N) is 2. The molecule has 1 unspecified atom stereocenters. The standard InChI is InChI=1S/C16H13BrN2O2/c1-16(20-13-9-5-6-10(17)14(13)21-16)15-18-11-7-3-4-8-12(11)19(15)2/h3-9H,1-2H3. The van der Waals surface area contributed by atoms with Crippen molar-refractivity contribution >= 4 is 27.0 Å². The number of halogens is 1. The minimum absolute atomic E-state index is 0.715. The van der Waals surface area contributed by atoms with Gasteiger partial charge < -0.3 is 14.0 Å². The number of para-hydroxylation sites is 3. The van der Waals surface area contributed by atoms with Gasteiger partial charge in [0.05, 0.1) is 15.5 Å². The normalized spacial score (nSPS) is 20.1. The van der Waals surface area contributed by atoms with Crippen LogP contribution in [0.15, 0.2) is 46.9 Å². The fourth-order valence-corrected chi connectivity index (χ4v) is 3.17. The first kappa shape index (κ1) is 12.7. The van der Waals surface area contributed by atoms with E-state index >= 15 is 0 Å². The predicted molar refractivity (Wildman–Crippen MR) is 83.5 cm³/mol. The lowest BCUT2D eigenvalue weighted by molar-refractivity contribution is -0.0776. The summed E-state index contributed by atoms with van der Waals surface area (Å²) in [4.78, 5) is 4.68. The van der Waals surface area contributed by atoms with Crippen molar-refractivity contribution in [3.8, 4) is 11.5 Å². The molecule has 1 atom stereocenters. The van der Waals surface area contributed by atoms with Gasteiger partial charge in [-0.05, 0) is 40.2 Å². The van der Waals surface area contributed by atoms with Crippen LogP contribution >= 0.6 is 15.9 Å². The lowest BCUT2D eigenvalue weighted by atomic mass is 10.3. The summed E-state index contributed by atoms with van der Waals surface area (Å²) in [5.74, 6) is 1.25. The summed E-state index contributed by atoms with van der Waals surface area (Å²) in [7, 11) is 1.97. The third kappa shape index (κ3) is 1.77. The summed E-state index contributed by atoms with van der Waals surface area (Å²) in [5.41, 5.74) is 1.98. The molecular formula is C16H13BrN2O2. The molecule has 0 amide bonds. The maximum Gasteiger partial charge on any atom is 0.308 e. The largest absolute Gasteiger partial charge is 0.442 e. The molecule has 2 aromatic carbocycles. The zero-order valence-corrected chi connectivity index (χ0v) is 13.2. The minimum Gasteiger partial charge on any atom is -0.442 e. The van der Waals surface area contributed by atoms with Crippen molar-refractivity contribution in [3.63, 3.8) is 0 Å². The molecule has 4 nitrogen and oxygen atoms in total. The fraction of sp³-hybridized carbons (Fsp3) is 0.188. The van der Waals surface area contributed by atoms with Crippen LogP contribution < -0.4 is 9.47 Å². The van der Waals surface area contributed by atoms with Crippen LogP contribution in [0.4, 0.5) is 0 Å². The summed E-state index contributed by atoms with van der Waals surface area (Å²) in [5, 5.41) is 0. The van der Waals surface area contributed by atoms with Crippen molar-refractivity contribution in [2.75, 3.05) is 0 Å². The van der Waals surface area contributed by atoms with Crippen LogP contribution in [0.1, 0.15) is 12.7 Å². The highest BCUT2D eigenvalue weighted by atomic mass is 79.9. The summed E-state index contributed by atoms with van der Waals surface area (Å²) in [6.07, 6.45) is 0. The average Bonchev–Trinajstić information content (AvgIpc) is 2.99.